The van der Waals surface area contributed by atoms with Crippen LogP contribution in [-0.2, 0) is 4.74 Å². The SMILES string of the molecule is CCC(C)COCC(C)NC. The van der Waals surface area contributed by atoms with E-state index in [0.29, 0.717) is 12.0 Å². The Kier molecular flexibility index (Phi) is 6.57. The molecular formula is C9H21NO. The number of hydrogen-bond donors (Lipinski definition) is 1. The first-order valence-corrected chi connectivity index (χ1v) is 4.45. The quantitative estimate of drug-likeness (QED) is 0.636. The summed E-state index contributed by atoms with van der Waals surface area (Å²) >= 11 is 0. The molecule has 0 heterocycles. The van der Waals surface area contributed by atoms with Gasteiger partial charge in [0.25, 0.3) is 0 Å². The fraction of sp³-hybridized carbons (Fsp3) is 1.00. The van der Waals surface area contributed by atoms with Crippen molar-refractivity contribution in [1.82, 2.24) is 5.32 Å². The van der Waals surface area contributed by atoms with Gasteiger partial charge < -0.3 is 10.1 Å². The van der Waals surface area contributed by atoms with Gasteiger partial charge in [0.2, 0.25) is 0 Å². The van der Waals surface area contributed by atoms with Gasteiger partial charge in [0.1, 0.15) is 0 Å². The van der Waals surface area contributed by atoms with Crippen LogP contribution in [0.25, 0.3) is 0 Å². The zero-order chi connectivity index (χ0) is 8.69. The summed E-state index contributed by atoms with van der Waals surface area (Å²) < 4.78 is 5.48. The van der Waals surface area contributed by atoms with Crippen LogP contribution in [0.4, 0.5) is 0 Å². The van der Waals surface area contributed by atoms with Gasteiger partial charge in [-0.3, -0.25) is 0 Å². The number of likely N-dealkylation sites (N-methyl/N-ethyl adjacent to an activating group) is 1. The van der Waals surface area contributed by atoms with Crippen LogP contribution in [0.15, 0.2) is 0 Å². The standard InChI is InChI=1S/C9H21NO/c1-5-8(2)6-11-7-9(3)10-4/h8-10H,5-7H2,1-4H3. The van der Waals surface area contributed by atoms with E-state index in [1.807, 2.05) is 7.05 Å². The molecule has 0 saturated carbocycles. The van der Waals surface area contributed by atoms with Gasteiger partial charge in [-0.2, -0.15) is 0 Å². The van der Waals surface area contributed by atoms with E-state index < -0.39 is 0 Å². The highest BCUT2D eigenvalue weighted by Gasteiger charge is 2.00. The molecule has 0 rings (SSSR count). The minimum absolute atomic E-state index is 0.471. The summed E-state index contributed by atoms with van der Waals surface area (Å²) in [7, 11) is 1.96. The van der Waals surface area contributed by atoms with Crippen LogP contribution in [0.5, 0.6) is 0 Å². The van der Waals surface area contributed by atoms with Crippen LogP contribution in [-0.4, -0.2) is 26.3 Å². The van der Waals surface area contributed by atoms with Gasteiger partial charge in [0, 0.05) is 12.6 Å². The second-order valence-electron chi connectivity index (χ2n) is 3.24. The smallest absolute Gasteiger partial charge is 0.0616 e. The molecule has 2 unspecified atom stereocenters. The molecule has 1 N–H and O–H groups in total. The van der Waals surface area contributed by atoms with Crippen molar-refractivity contribution in [1.29, 1.82) is 0 Å². The van der Waals surface area contributed by atoms with Gasteiger partial charge in [0.15, 0.2) is 0 Å². The maximum absolute atomic E-state index is 5.48. The van der Waals surface area contributed by atoms with Crippen molar-refractivity contribution in [2.75, 3.05) is 20.3 Å². The Morgan fingerprint density at radius 2 is 1.91 bits per heavy atom. The lowest BCUT2D eigenvalue weighted by Crippen LogP contribution is -2.27. The molecule has 0 aliphatic carbocycles. The molecule has 2 atom stereocenters. The second kappa shape index (κ2) is 6.62. The highest BCUT2D eigenvalue weighted by atomic mass is 16.5. The molecule has 0 aliphatic rings. The molecule has 0 aromatic heterocycles. The number of rotatable bonds is 6. The molecule has 0 amide bonds. The topological polar surface area (TPSA) is 21.3 Å². The lowest BCUT2D eigenvalue weighted by Gasteiger charge is -2.13. The molecule has 2 nitrogen and oxygen atoms in total. The summed E-state index contributed by atoms with van der Waals surface area (Å²) in [6.45, 7) is 8.24. The Balaban J connectivity index is 3.13. The van der Waals surface area contributed by atoms with Crippen molar-refractivity contribution in [2.45, 2.75) is 33.2 Å². The summed E-state index contributed by atoms with van der Waals surface area (Å²) in [5.74, 6) is 0.694. The Morgan fingerprint density at radius 1 is 1.27 bits per heavy atom. The third-order valence-electron chi connectivity index (χ3n) is 1.96. The molecule has 0 fully saturated rings. The van der Waals surface area contributed by atoms with Crippen LogP contribution in [0, 0.1) is 5.92 Å². The largest absolute Gasteiger partial charge is 0.380 e. The first-order valence-electron chi connectivity index (χ1n) is 4.45. The van der Waals surface area contributed by atoms with Gasteiger partial charge in [-0.15, -0.1) is 0 Å². The van der Waals surface area contributed by atoms with E-state index in [1.54, 1.807) is 0 Å². The van der Waals surface area contributed by atoms with Crippen LogP contribution < -0.4 is 5.32 Å². The van der Waals surface area contributed by atoms with E-state index >= 15 is 0 Å². The number of ether oxygens (including phenoxy) is 1. The molecular weight excluding hydrogens is 138 g/mol. The van der Waals surface area contributed by atoms with Gasteiger partial charge in [-0.05, 0) is 19.9 Å². The Hall–Kier alpha value is -0.0800. The highest BCUT2D eigenvalue weighted by Crippen LogP contribution is 2.00. The predicted octanol–water partition coefficient (Wildman–Crippen LogP) is 1.66. The summed E-state index contributed by atoms with van der Waals surface area (Å²) in [5.41, 5.74) is 0. The molecule has 2 heteroatoms. The predicted molar refractivity (Wildman–Crippen MR) is 48.8 cm³/mol. The minimum atomic E-state index is 0.471. The fourth-order valence-corrected chi connectivity index (χ4v) is 0.647. The first kappa shape index (κ1) is 10.9. The van der Waals surface area contributed by atoms with Crippen molar-refractivity contribution >= 4 is 0 Å². The van der Waals surface area contributed by atoms with Crippen LogP contribution in [0.2, 0.25) is 0 Å². The molecule has 0 radical (unpaired) electrons. The summed E-state index contributed by atoms with van der Waals surface area (Å²) in [6, 6.07) is 0.471. The molecule has 0 aromatic carbocycles. The van der Waals surface area contributed by atoms with Gasteiger partial charge in [-0.1, -0.05) is 20.3 Å². The summed E-state index contributed by atoms with van der Waals surface area (Å²) in [4.78, 5) is 0. The van der Waals surface area contributed by atoms with Crippen molar-refractivity contribution < 1.29 is 4.74 Å². The van der Waals surface area contributed by atoms with Crippen LogP contribution in [0.3, 0.4) is 0 Å². The Morgan fingerprint density at radius 3 is 2.36 bits per heavy atom. The van der Waals surface area contributed by atoms with E-state index in [0.717, 1.165) is 13.2 Å². The zero-order valence-electron chi connectivity index (χ0n) is 8.18. The molecule has 0 bridgehead atoms. The van der Waals surface area contributed by atoms with E-state index in [9.17, 15) is 0 Å². The van der Waals surface area contributed by atoms with Crippen molar-refractivity contribution in [2.24, 2.45) is 5.92 Å². The minimum Gasteiger partial charge on any atom is -0.380 e. The Bertz CT molecular complexity index is 75.6. The van der Waals surface area contributed by atoms with Crippen molar-refractivity contribution in [3.05, 3.63) is 0 Å². The molecule has 0 aromatic rings. The zero-order valence-corrected chi connectivity index (χ0v) is 8.18. The molecule has 68 valence electrons. The number of hydrogen-bond acceptors (Lipinski definition) is 2. The van der Waals surface area contributed by atoms with Crippen LogP contribution in [0.1, 0.15) is 27.2 Å². The van der Waals surface area contributed by atoms with Gasteiger partial charge in [-0.25, -0.2) is 0 Å². The van der Waals surface area contributed by atoms with Crippen LogP contribution >= 0.6 is 0 Å². The number of nitrogens with one attached hydrogen (secondary N) is 1. The van der Waals surface area contributed by atoms with E-state index in [2.05, 4.69) is 26.1 Å². The lowest BCUT2D eigenvalue weighted by molar-refractivity contribution is 0.0899. The third-order valence-corrected chi connectivity index (χ3v) is 1.96. The van der Waals surface area contributed by atoms with Gasteiger partial charge in [0.05, 0.1) is 6.61 Å². The first-order chi connectivity index (χ1) is 5.20. The van der Waals surface area contributed by atoms with E-state index in [4.69, 9.17) is 4.74 Å². The molecule has 0 saturated heterocycles. The maximum atomic E-state index is 5.48. The fourth-order valence-electron chi connectivity index (χ4n) is 0.647. The van der Waals surface area contributed by atoms with Crippen molar-refractivity contribution in [3.8, 4) is 0 Å². The third kappa shape index (κ3) is 6.32. The van der Waals surface area contributed by atoms with Gasteiger partial charge >= 0.3 is 0 Å². The maximum Gasteiger partial charge on any atom is 0.0616 e. The lowest BCUT2D eigenvalue weighted by atomic mass is 10.1. The Labute approximate surface area is 70.3 Å². The molecule has 11 heavy (non-hydrogen) atoms. The molecule has 0 spiro atoms. The molecule has 0 aliphatic heterocycles. The normalized spacial score (nSPS) is 16.4. The summed E-state index contributed by atoms with van der Waals surface area (Å²) in [6.07, 6.45) is 1.20. The second-order valence-corrected chi connectivity index (χ2v) is 3.24. The average molecular weight is 159 g/mol. The van der Waals surface area contributed by atoms with E-state index in [1.165, 1.54) is 6.42 Å². The summed E-state index contributed by atoms with van der Waals surface area (Å²) in [5, 5.41) is 3.13. The highest BCUT2D eigenvalue weighted by molar-refractivity contribution is 4.54. The van der Waals surface area contributed by atoms with Crippen molar-refractivity contribution in [3.63, 3.8) is 0 Å². The van der Waals surface area contributed by atoms with E-state index in [-0.39, 0.29) is 0 Å². The average Bonchev–Trinajstić information content (AvgIpc) is 2.04. The monoisotopic (exact) mass is 159 g/mol.